The van der Waals surface area contributed by atoms with Crippen LogP contribution >= 0.6 is 0 Å². The number of allylic oxidation sites excluding steroid dienone is 14. The van der Waals surface area contributed by atoms with Gasteiger partial charge in [-0.3, -0.25) is 9.59 Å². The van der Waals surface area contributed by atoms with E-state index in [1.807, 2.05) is 21.1 Å². The van der Waals surface area contributed by atoms with E-state index in [-0.39, 0.29) is 38.2 Å². The Kier molecular flexibility index (Phi) is 77.3. The number of aliphatic carboxylic acids is 1. The number of ether oxygens (including phenoxy) is 4. The third-order valence-corrected chi connectivity index (χ3v) is 19.1. The van der Waals surface area contributed by atoms with Crippen LogP contribution in [0, 0.1) is 0 Å². The fourth-order valence-corrected chi connectivity index (χ4v) is 12.7. The van der Waals surface area contributed by atoms with E-state index in [0.717, 1.165) is 77.0 Å². The van der Waals surface area contributed by atoms with E-state index in [9.17, 15) is 19.5 Å². The predicted octanol–water partition coefficient (Wildman–Crippen LogP) is 27.7. The molecule has 0 fully saturated rings. The average Bonchev–Trinajstić information content (AvgIpc) is 1.57. The smallest absolute Gasteiger partial charge is 0.361 e. The lowest BCUT2D eigenvalue weighted by Gasteiger charge is -2.25. The van der Waals surface area contributed by atoms with Crippen LogP contribution < -0.4 is 0 Å². The van der Waals surface area contributed by atoms with E-state index in [2.05, 4.69) is 98.9 Å². The number of esters is 2. The highest BCUT2D eigenvalue weighted by Gasteiger charge is 2.25. The zero-order valence-corrected chi connectivity index (χ0v) is 66.2. The first-order valence-electron chi connectivity index (χ1n) is 42.8. The molecule has 0 aliphatic rings. The number of unbranched alkanes of at least 4 members (excludes halogenated alkanes) is 51. The number of nitrogens with zero attached hydrogens (tertiary/aromatic N) is 1. The van der Waals surface area contributed by atoms with Gasteiger partial charge >= 0.3 is 17.9 Å². The Hall–Kier alpha value is -3.53. The fraction of sp³-hybridized carbons (Fsp3) is 0.811. The number of quaternary nitrogens is 1. The molecule has 0 aromatic carbocycles. The van der Waals surface area contributed by atoms with Crippen LogP contribution in [0.15, 0.2) is 85.1 Å². The Labute approximate surface area is 614 Å². The molecule has 2 atom stereocenters. The van der Waals surface area contributed by atoms with Gasteiger partial charge in [-0.2, -0.15) is 0 Å². The van der Waals surface area contributed by atoms with Crippen molar-refractivity contribution in [3.63, 3.8) is 0 Å². The molecule has 9 heteroatoms. The van der Waals surface area contributed by atoms with E-state index in [4.69, 9.17) is 18.9 Å². The average molecular weight is 1390 g/mol. The first-order chi connectivity index (χ1) is 48.6. The maximum absolute atomic E-state index is 13.0. The highest BCUT2D eigenvalue weighted by molar-refractivity contribution is 5.71. The maximum Gasteiger partial charge on any atom is 0.361 e. The lowest BCUT2D eigenvalue weighted by molar-refractivity contribution is -0.870. The molecule has 0 amide bonds. The van der Waals surface area contributed by atoms with Crippen LogP contribution in [0.5, 0.6) is 0 Å². The molecule has 0 bridgehead atoms. The molecule has 2 unspecified atom stereocenters. The summed E-state index contributed by atoms with van der Waals surface area (Å²) in [4.78, 5) is 37.8. The Morgan fingerprint density at radius 1 is 0.313 bits per heavy atom. The zero-order valence-electron chi connectivity index (χ0n) is 66.2. The van der Waals surface area contributed by atoms with E-state index in [1.54, 1.807) is 0 Å². The molecule has 1 N–H and O–H groups in total. The number of carbonyl (C=O) groups excluding carboxylic acids is 2. The molecule has 0 saturated heterocycles. The van der Waals surface area contributed by atoms with Crippen LogP contribution in [0.4, 0.5) is 0 Å². The van der Waals surface area contributed by atoms with E-state index >= 15 is 0 Å². The summed E-state index contributed by atoms with van der Waals surface area (Å²) >= 11 is 0. The normalized spacial score (nSPS) is 13.0. The molecule has 0 saturated carbocycles. The molecule has 0 aromatic heterocycles. The van der Waals surface area contributed by atoms with Gasteiger partial charge in [-0.15, -0.1) is 0 Å². The minimum Gasteiger partial charge on any atom is -0.477 e. The van der Waals surface area contributed by atoms with Gasteiger partial charge in [0, 0.05) is 12.8 Å². The molecule has 0 radical (unpaired) electrons. The third kappa shape index (κ3) is 81.6. The highest BCUT2D eigenvalue weighted by atomic mass is 16.7. The van der Waals surface area contributed by atoms with Crippen LogP contribution in [0.2, 0.25) is 0 Å². The second kappa shape index (κ2) is 80.2. The van der Waals surface area contributed by atoms with Crippen LogP contribution in [0.3, 0.4) is 0 Å². The van der Waals surface area contributed by atoms with Crippen molar-refractivity contribution in [1.82, 2.24) is 0 Å². The summed E-state index contributed by atoms with van der Waals surface area (Å²) in [5.74, 6) is -1.98. The number of likely N-dealkylation sites (N-methyl/N-ethyl adjacent to an activating group) is 1. The Bertz CT molecular complexity index is 1910. The van der Waals surface area contributed by atoms with Gasteiger partial charge in [0.05, 0.1) is 34.4 Å². The van der Waals surface area contributed by atoms with Crippen molar-refractivity contribution in [1.29, 1.82) is 0 Å². The largest absolute Gasteiger partial charge is 0.477 e. The van der Waals surface area contributed by atoms with E-state index in [1.165, 1.54) is 308 Å². The number of rotatable bonds is 80. The number of carboxylic acids is 1. The van der Waals surface area contributed by atoms with E-state index < -0.39 is 18.4 Å². The summed E-state index contributed by atoms with van der Waals surface area (Å²) in [5.41, 5.74) is 0. The molecule has 0 spiro atoms. The lowest BCUT2D eigenvalue weighted by atomic mass is 10.0. The van der Waals surface area contributed by atoms with Crippen molar-refractivity contribution < 1.29 is 42.9 Å². The minimum absolute atomic E-state index is 0.179. The van der Waals surface area contributed by atoms with Crippen molar-refractivity contribution in [2.45, 2.75) is 424 Å². The number of carbonyl (C=O) groups is 3. The third-order valence-electron chi connectivity index (χ3n) is 19.1. The first-order valence-corrected chi connectivity index (χ1v) is 42.8. The van der Waals surface area contributed by atoms with Gasteiger partial charge in [-0.05, 0) is 89.9 Å². The molecule has 0 aliphatic heterocycles. The van der Waals surface area contributed by atoms with Gasteiger partial charge in [0.2, 0.25) is 0 Å². The van der Waals surface area contributed by atoms with Crippen molar-refractivity contribution >= 4 is 17.9 Å². The van der Waals surface area contributed by atoms with Gasteiger partial charge in [-0.25, -0.2) is 4.79 Å². The number of hydrogen-bond donors (Lipinski definition) is 1. The fourth-order valence-electron chi connectivity index (χ4n) is 12.7. The molecule has 0 rings (SSSR count). The minimum atomic E-state index is -1.51. The molecule has 0 aliphatic carbocycles. The van der Waals surface area contributed by atoms with Gasteiger partial charge in [0.25, 0.3) is 6.29 Å². The van der Waals surface area contributed by atoms with Crippen molar-refractivity contribution in [3.8, 4) is 0 Å². The summed E-state index contributed by atoms with van der Waals surface area (Å²) in [6, 6.07) is 0. The second-order valence-corrected chi connectivity index (χ2v) is 30.1. The number of carboxylic acid groups (broad SMARTS) is 1. The Morgan fingerprint density at radius 3 is 0.859 bits per heavy atom. The molecule has 0 aromatic rings. The zero-order chi connectivity index (χ0) is 71.8. The SMILES string of the molecule is CC/C=C\C/C=C\C/C=C\C/C=C\C/C=C\CCCCCCCCCCCCCCCCCCCC(=O)OC(COC(=O)CCCCCCCCCCCCCCCCCCCCCCCCCCCCCCC/C=C\C/C=C\CCCCCCC)COC(OCC[N+](C)(C)C)C(=O)O. The van der Waals surface area contributed by atoms with E-state index in [0.29, 0.717) is 17.4 Å². The van der Waals surface area contributed by atoms with Crippen molar-refractivity contribution in [2.75, 3.05) is 47.5 Å². The van der Waals surface area contributed by atoms with Gasteiger partial charge < -0.3 is 28.5 Å². The van der Waals surface area contributed by atoms with Gasteiger partial charge in [-0.1, -0.05) is 394 Å². The first kappa shape index (κ1) is 95.5. The molecule has 0 heterocycles. The molecule has 9 nitrogen and oxygen atoms in total. The van der Waals surface area contributed by atoms with Gasteiger partial charge in [0.1, 0.15) is 13.2 Å². The highest BCUT2D eigenvalue weighted by Crippen LogP contribution is 2.20. The lowest BCUT2D eigenvalue weighted by Crippen LogP contribution is -2.40. The number of hydrogen-bond acceptors (Lipinski definition) is 7. The molecule has 576 valence electrons. The maximum atomic E-state index is 13.0. The Balaban J connectivity index is 3.93. The van der Waals surface area contributed by atoms with Crippen LogP contribution in [0.1, 0.15) is 412 Å². The summed E-state index contributed by atoms with van der Waals surface area (Å²) in [7, 11) is 6.00. The van der Waals surface area contributed by atoms with Crippen LogP contribution in [0.25, 0.3) is 0 Å². The molecular formula is C90H164NO8+. The predicted molar refractivity (Wildman–Crippen MR) is 429 cm³/mol. The molecule has 99 heavy (non-hydrogen) atoms. The standard InChI is InChI=1S/C90H163NO8/c1-6-8-10-12-14-16-18-20-22-24-26-28-30-32-34-36-38-40-41-42-43-44-45-46-47-49-50-52-54-56-58-60-62-64-66-68-70-72-74-76-78-80-87(92)97-84-86(85-98-90(89(94)95)96-83-82-91(3,4)5)99-88(93)81-79-77-75-73-71-69-67-65-63-61-59-57-55-53-51-48-39-37-35-33-31-29-27-25-23-21-19-17-15-13-11-9-7-2/h9,11,15,17-18,20-21,23-24,26-27,29,33,35,86,90H,6-8,10,12-14,16,19,22,25,28,30-32,34,36-85H2,1-5H3/p+1/b11-9-,17-15-,20-18-,23-21-,26-24-,29-27-,35-33-. The molecular weight excluding hydrogens is 1220 g/mol. The quantitative estimate of drug-likeness (QED) is 0.0211. The summed E-state index contributed by atoms with van der Waals surface area (Å²) < 4.78 is 23.1. The topological polar surface area (TPSA) is 108 Å². The van der Waals surface area contributed by atoms with Crippen molar-refractivity contribution in [3.05, 3.63) is 85.1 Å². The van der Waals surface area contributed by atoms with Crippen LogP contribution in [-0.2, 0) is 33.3 Å². The Morgan fingerprint density at radius 2 is 0.576 bits per heavy atom. The van der Waals surface area contributed by atoms with Gasteiger partial charge in [0.15, 0.2) is 6.10 Å². The summed E-state index contributed by atoms with van der Waals surface area (Å²) in [5, 5.41) is 9.78. The summed E-state index contributed by atoms with van der Waals surface area (Å²) in [6.45, 7) is 4.81. The second-order valence-electron chi connectivity index (χ2n) is 30.1. The summed E-state index contributed by atoms with van der Waals surface area (Å²) in [6.07, 6.45) is 108. The van der Waals surface area contributed by atoms with Crippen LogP contribution in [-0.4, -0.2) is 87.4 Å². The monoisotopic (exact) mass is 1390 g/mol. The van der Waals surface area contributed by atoms with Crippen molar-refractivity contribution in [2.24, 2.45) is 0 Å².